The standard InChI is InChI=1S/C66H128O6/c1-4-7-10-13-16-19-21-22-23-24-25-26-27-28-29-30-31-32-33-34-35-36-37-38-39-40-41-42-43-44-46-47-50-53-56-59-65(68)71-62-63(61-70-64(67)58-55-52-49-18-15-12-9-6-3)72-66(69)60-57-54-51-48-45-20-17-14-11-8-5-2/h63H,4-62H2,1-3H3. The number of ether oxygens (including phenoxy) is 3. The van der Waals surface area contributed by atoms with Gasteiger partial charge in [0.25, 0.3) is 0 Å². The van der Waals surface area contributed by atoms with Crippen LogP contribution in [0.15, 0.2) is 0 Å². The molecule has 428 valence electrons. The molecule has 0 rings (SSSR count). The van der Waals surface area contributed by atoms with E-state index in [-0.39, 0.29) is 31.1 Å². The summed E-state index contributed by atoms with van der Waals surface area (Å²) in [4.78, 5) is 37.9. The number of hydrogen-bond acceptors (Lipinski definition) is 6. The highest BCUT2D eigenvalue weighted by Gasteiger charge is 2.19. The van der Waals surface area contributed by atoms with Crippen LogP contribution in [0.2, 0.25) is 0 Å². The van der Waals surface area contributed by atoms with Gasteiger partial charge >= 0.3 is 17.9 Å². The summed E-state index contributed by atoms with van der Waals surface area (Å²) in [7, 11) is 0. The van der Waals surface area contributed by atoms with Crippen molar-refractivity contribution in [3.05, 3.63) is 0 Å². The van der Waals surface area contributed by atoms with Crippen molar-refractivity contribution in [1.29, 1.82) is 0 Å². The number of carbonyl (C=O) groups excluding carboxylic acids is 3. The number of rotatable bonds is 62. The van der Waals surface area contributed by atoms with E-state index < -0.39 is 6.10 Å². The molecule has 0 aromatic heterocycles. The first-order valence-electron chi connectivity index (χ1n) is 33.0. The molecule has 0 aromatic rings. The van der Waals surface area contributed by atoms with Gasteiger partial charge in [-0.05, 0) is 19.3 Å². The van der Waals surface area contributed by atoms with Crippen molar-refractivity contribution < 1.29 is 28.6 Å². The molecule has 0 radical (unpaired) electrons. The van der Waals surface area contributed by atoms with Crippen molar-refractivity contribution in [2.75, 3.05) is 13.2 Å². The summed E-state index contributed by atoms with van der Waals surface area (Å²) in [5, 5.41) is 0. The lowest BCUT2D eigenvalue weighted by atomic mass is 10.0. The second-order valence-corrected chi connectivity index (χ2v) is 22.8. The molecule has 72 heavy (non-hydrogen) atoms. The van der Waals surface area contributed by atoms with Gasteiger partial charge in [0.05, 0.1) is 0 Å². The van der Waals surface area contributed by atoms with Gasteiger partial charge in [0.1, 0.15) is 13.2 Å². The third-order valence-electron chi connectivity index (χ3n) is 15.4. The summed E-state index contributed by atoms with van der Waals surface area (Å²) in [6, 6.07) is 0. The summed E-state index contributed by atoms with van der Waals surface area (Å²) in [6.45, 7) is 6.67. The van der Waals surface area contributed by atoms with Crippen LogP contribution in [-0.2, 0) is 28.6 Å². The average molecular weight is 1020 g/mol. The molecule has 1 atom stereocenters. The fourth-order valence-electron chi connectivity index (χ4n) is 10.4. The van der Waals surface area contributed by atoms with E-state index in [1.165, 1.54) is 289 Å². The number of unbranched alkanes of at least 4 members (excludes halogenated alkanes) is 51. The van der Waals surface area contributed by atoms with E-state index in [2.05, 4.69) is 20.8 Å². The van der Waals surface area contributed by atoms with Gasteiger partial charge in [-0.15, -0.1) is 0 Å². The van der Waals surface area contributed by atoms with Crippen molar-refractivity contribution >= 4 is 17.9 Å². The molecule has 0 amide bonds. The molecule has 6 heteroatoms. The van der Waals surface area contributed by atoms with Gasteiger partial charge in [0.15, 0.2) is 6.10 Å². The topological polar surface area (TPSA) is 78.9 Å². The van der Waals surface area contributed by atoms with Crippen LogP contribution in [0, 0.1) is 0 Å². The molecule has 0 saturated heterocycles. The summed E-state index contributed by atoms with van der Waals surface area (Å²) in [5.74, 6) is -0.842. The minimum absolute atomic E-state index is 0.0620. The van der Waals surface area contributed by atoms with E-state index in [9.17, 15) is 14.4 Å². The zero-order valence-corrected chi connectivity index (χ0v) is 49.2. The largest absolute Gasteiger partial charge is 0.462 e. The molecule has 0 saturated carbocycles. The Balaban J connectivity index is 3.83. The average Bonchev–Trinajstić information content (AvgIpc) is 3.38. The molecule has 0 spiro atoms. The number of esters is 3. The second-order valence-electron chi connectivity index (χ2n) is 22.8. The van der Waals surface area contributed by atoms with Crippen LogP contribution in [-0.4, -0.2) is 37.2 Å². The van der Waals surface area contributed by atoms with E-state index in [0.717, 1.165) is 57.8 Å². The van der Waals surface area contributed by atoms with Gasteiger partial charge in [-0.3, -0.25) is 14.4 Å². The number of hydrogen-bond donors (Lipinski definition) is 0. The molecule has 0 N–H and O–H groups in total. The highest BCUT2D eigenvalue weighted by atomic mass is 16.6. The lowest BCUT2D eigenvalue weighted by molar-refractivity contribution is -0.167. The Bertz CT molecular complexity index is 1080. The molecule has 0 aliphatic rings. The minimum atomic E-state index is -0.760. The van der Waals surface area contributed by atoms with E-state index in [1.54, 1.807) is 0 Å². The van der Waals surface area contributed by atoms with Crippen LogP contribution < -0.4 is 0 Å². The third-order valence-corrected chi connectivity index (χ3v) is 15.4. The lowest BCUT2D eigenvalue weighted by Gasteiger charge is -2.18. The van der Waals surface area contributed by atoms with Crippen molar-refractivity contribution in [3.63, 3.8) is 0 Å². The zero-order valence-electron chi connectivity index (χ0n) is 49.2. The SMILES string of the molecule is CCCCCCCCCCCCCCCCCCCCCCCCCCCCCCCCCCCCCC(=O)OCC(COC(=O)CCCCCCCCCC)OC(=O)CCCCCCCCCCCCC. The van der Waals surface area contributed by atoms with E-state index in [0.29, 0.717) is 19.3 Å². The van der Waals surface area contributed by atoms with Crippen LogP contribution >= 0.6 is 0 Å². The van der Waals surface area contributed by atoms with Crippen LogP contribution in [0.3, 0.4) is 0 Å². The Hall–Kier alpha value is -1.59. The Labute approximate surface area is 450 Å². The quantitative estimate of drug-likeness (QED) is 0.0343. The van der Waals surface area contributed by atoms with Gasteiger partial charge in [-0.2, -0.15) is 0 Å². The molecule has 0 aliphatic heterocycles. The first kappa shape index (κ1) is 70.4. The molecule has 0 bridgehead atoms. The van der Waals surface area contributed by atoms with Gasteiger partial charge in [0.2, 0.25) is 0 Å². The zero-order chi connectivity index (χ0) is 52.2. The maximum atomic E-state index is 12.8. The van der Waals surface area contributed by atoms with Gasteiger partial charge in [0, 0.05) is 19.3 Å². The smallest absolute Gasteiger partial charge is 0.306 e. The predicted octanol–water partition coefficient (Wildman–Crippen LogP) is 22.3. The predicted molar refractivity (Wildman–Crippen MR) is 312 cm³/mol. The molecule has 1 unspecified atom stereocenters. The van der Waals surface area contributed by atoms with E-state index in [4.69, 9.17) is 14.2 Å². The Morgan fingerprint density at radius 2 is 0.375 bits per heavy atom. The fraction of sp³-hybridized carbons (Fsp3) is 0.955. The number of carbonyl (C=O) groups is 3. The monoisotopic (exact) mass is 1020 g/mol. The first-order chi connectivity index (χ1) is 35.5. The molecule has 0 aromatic carbocycles. The van der Waals surface area contributed by atoms with Crippen molar-refractivity contribution in [2.24, 2.45) is 0 Å². The highest BCUT2D eigenvalue weighted by molar-refractivity contribution is 5.71. The Kier molecular flexibility index (Phi) is 60.6. The summed E-state index contributed by atoms with van der Waals surface area (Å²) in [5.41, 5.74) is 0. The van der Waals surface area contributed by atoms with Gasteiger partial charge < -0.3 is 14.2 Å². The van der Waals surface area contributed by atoms with Gasteiger partial charge in [-0.1, -0.05) is 348 Å². The lowest BCUT2D eigenvalue weighted by Crippen LogP contribution is -2.30. The Morgan fingerprint density at radius 1 is 0.222 bits per heavy atom. The van der Waals surface area contributed by atoms with Crippen LogP contribution in [0.25, 0.3) is 0 Å². The Morgan fingerprint density at radius 3 is 0.556 bits per heavy atom. The minimum Gasteiger partial charge on any atom is -0.462 e. The highest BCUT2D eigenvalue weighted by Crippen LogP contribution is 2.19. The van der Waals surface area contributed by atoms with Crippen molar-refractivity contribution in [2.45, 2.75) is 393 Å². The van der Waals surface area contributed by atoms with E-state index in [1.807, 2.05) is 0 Å². The fourth-order valence-corrected chi connectivity index (χ4v) is 10.4. The van der Waals surface area contributed by atoms with Crippen LogP contribution in [0.1, 0.15) is 387 Å². The maximum absolute atomic E-state index is 12.8. The molecule has 6 nitrogen and oxygen atoms in total. The molecule has 0 heterocycles. The maximum Gasteiger partial charge on any atom is 0.306 e. The van der Waals surface area contributed by atoms with Gasteiger partial charge in [-0.25, -0.2) is 0 Å². The molecular weight excluding hydrogens is 889 g/mol. The summed E-state index contributed by atoms with van der Waals surface area (Å²) < 4.78 is 16.8. The molecule has 0 aliphatic carbocycles. The second kappa shape index (κ2) is 62.0. The van der Waals surface area contributed by atoms with Crippen molar-refractivity contribution in [1.82, 2.24) is 0 Å². The first-order valence-corrected chi connectivity index (χ1v) is 33.0. The summed E-state index contributed by atoms with van der Waals surface area (Å²) in [6.07, 6.45) is 71.8. The normalized spacial score (nSPS) is 11.9. The molecule has 0 fully saturated rings. The summed E-state index contributed by atoms with van der Waals surface area (Å²) >= 11 is 0. The van der Waals surface area contributed by atoms with Crippen LogP contribution in [0.4, 0.5) is 0 Å². The van der Waals surface area contributed by atoms with Crippen LogP contribution in [0.5, 0.6) is 0 Å². The third kappa shape index (κ3) is 59.3. The molecular formula is C66H128O6. The van der Waals surface area contributed by atoms with Crippen molar-refractivity contribution in [3.8, 4) is 0 Å². The van der Waals surface area contributed by atoms with E-state index >= 15 is 0 Å².